The van der Waals surface area contributed by atoms with E-state index in [2.05, 4.69) is 0 Å². The van der Waals surface area contributed by atoms with E-state index in [1.165, 1.54) is 47.4 Å². The molecule has 0 aliphatic carbocycles. The predicted molar refractivity (Wildman–Crippen MR) is 89.7 cm³/mol. The summed E-state index contributed by atoms with van der Waals surface area (Å²) in [7, 11) is -3.19. The fourth-order valence-electron chi connectivity index (χ4n) is 2.98. The number of sulfone groups is 1. The van der Waals surface area contributed by atoms with Gasteiger partial charge < -0.3 is 4.90 Å². The van der Waals surface area contributed by atoms with Crippen molar-refractivity contribution >= 4 is 15.7 Å². The van der Waals surface area contributed by atoms with E-state index >= 15 is 0 Å². The van der Waals surface area contributed by atoms with Crippen LogP contribution >= 0.6 is 0 Å². The summed E-state index contributed by atoms with van der Waals surface area (Å²) < 4.78 is 50.2. The van der Waals surface area contributed by atoms with E-state index in [4.69, 9.17) is 0 Å². The first-order chi connectivity index (χ1) is 11.8. The van der Waals surface area contributed by atoms with Gasteiger partial charge in [-0.2, -0.15) is 0 Å². The molecule has 0 aromatic heterocycles. The van der Waals surface area contributed by atoms with Crippen molar-refractivity contribution in [1.29, 1.82) is 0 Å². The third-order valence-electron chi connectivity index (χ3n) is 4.24. The van der Waals surface area contributed by atoms with Crippen molar-refractivity contribution in [3.05, 3.63) is 71.3 Å². The zero-order chi connectivity index (χ0) is 18.0. The summed E-state index contributed by atoms with van der Waals surface area (Å²) >= 11 is 0. The SMILES string of the molecule is O=C(c1ccc(F)cc1)N(Cc1cccc(F)c1)[C@H]1CCS(=O)(=O)C1. The maximum absolute atomic E-state index is 13.4. The van der Waals surface area contributed by atoms with E-state index in [9.17, 15) is 22.0 Å². The quantitative estimate of drug-likeness (QED) is 0.837. The molecule has 1 heterocycles. The van der Waals surface area contributed by atoms with Gasteiger partial charge in [0, 0.05) is 18.2 Å². The van der Waals surface area contributed by atoms with Crippen LogP contribution in [0.3, 0.4) is 0 Å². The summed E-state index contributed by atoms with van der Waals surface area (Å²) in [4.78, 5) is 14.3. The maximum Gasteiger partial charge on any atom is 0.254 e. The number of halogens is 2. The van der Waals surface area contributed by atoms with Crippen LogP contribution in [0.15, 0.2) is 48.5 Å². The molecule has 1 aliphatic rings. The highest BCUT2D eigenvalue weighted by molar-refractivity contribution is 7.91. The van der Waals surface area contributed by atoms with Gasteiger partial charge in [-0.3, -0.25) is 4.79 Å². The number of hydrogen-bond donors (Lipinski definition) is 0. The zero-order valence-corrected chi connectivity index (χ0v) is 14.2. The normalized spacial score (nSPS) is 18.9. The van der Waals surface area contributed by atoms with Gasteiger partial charge in [-0.05, 0) is 48.4 Å². The fraction of sp³-hybridized carbons (Fsp3) is 0.278. The van der Waals surface area contributed by atoms with Gasteiger partial charge >= 0.3 is 0 Å². The largest absolute Gasteiger partial charge is 0.330 e. The number of nitrogens with zero attached hydrogens (tertiary/aromatic N) is 1. The molecular weight excluding hydrogens is 348 g/mol. The minimum Gasteiger partial charge on any atom is -0.330 e. The lowest BCUT2D eigenvalue weighted by Crippen LogP contribution is -2.40. The Balaban J connectivity index is 1.91. The van der Waals surface area contributed by atoms with E-state index in [0.29, 0.717) is 12.0 Å². The molecule has 0 radical (unpaired) electrons. The third kappa shape index (κ3) is 4.22. The summed E-state index contributed by atoms with van der Waals surface area (Å²) in [5, 5.41) is 0. The monoisotopic (exact) mass is 365 g/mol. The summed E-state index contributed by atoms with van der Waals surface area (Å²) in [5.41, 5.74) is 0.835. The number of amides is 1. The molecule has 0 N–H and O–H groups in total. The first-order valence-corrected chi connectivity index (χ1v) is 9.67. The summed E-state index contributed by atoms with van der Waals surface area (Å²) in [6.45, 7) is 0.0914. The lowest BCUT2D eigenvalue weighted by molar-refractivity contribution is 0.0680. The van der Waals surface area contributed by atoms with Crippen molar-refractivity contribution in [2.75, 3.05) is 11.5 Å². The van der Waals surface area contributed by atoms with Crippen molar-refractivity contribution in [3.63, 3.8) is 0 Å². The smallest absolute Gasteiger partial charge is 0.254 e. The molecule has 4 nitrogen and oxygen atoms in total. The molecule has 0 saturated carbocycles. The lowest BCUT2D eigenvalue weighted by Gasteiger charge is -2.28. The Kier molecular flexibility index (Phi) is 4.85. The topological polar surface area (TPSA) is 54.5 Å². The van der Waals surface area contributed by atoms with Crippen LogP contribution in [0.5, 0.6) is 0 Å². The molecule has 25 heavy (non-hydrogen) atoms. The van der Waals surface area contributed by atoms with E-state index in [1.54, 1.807) is 6.07 Å². The molecule has 0 spiro atoms. The Morgan fingerprint density at radius 1 is 1.08 bits per heavy atom. The van der Waals surface area contributed by atoms with Gasteiger partial charge in [0.25, 0.3) is 5.91 Å². The van der Waals surface area contributed by atoms with Crippen molar-refractivity contribution in [2.45, 2.75) is 19.0 Å². The molecule has 1 fully saturated rings. The number of carbonyl (C=O) groups excluding carboxylic acids is 1. The summed E-state index contributed by atoms with van der Waals surface area (Å²) in [6.07, 6.45) is 0.338. The Labute approximate surface area is 145 Å². The lowest BCUT2D eigenvalue weighted by atomic mass is 10.1. The predicted octanol–water partition coefficient (Wildman–Crippen LogP) is 2.79. The highest BCUT2D eigenvalue weighted by Crippen LogP contribution is 2.23. The van der Waals surface area contributed by atoms with Gasteiger partial charge in [0.05, 0.1) is 11.5 Å². The van der Waals surface area contributed by atoms with Crippen LogP contribution in [0.25, 0.3) is 0 Å². The van der Waals surface area contributed by atoms with Crippen molar-refractivity contribution < 1.29 is 22.0 Å². The van der Waals surface area contributed by atoms with Gasteiger partial charge in [-0.25, -0.2) is 17.2 Å². The minimum absolute atomic E-state index is 0.0218. The van der Waals surface area contributed by atoms with Crippen LogP contribution in [-0.2, 0) is 16.4 Å². The summed E-state index contributed by atoms with van der Waals surface area (Å²) in [5.74, 6) is -1.38. The molecule has 2 aromatic rings. The zero-order valence-electron chi connectivity index (χ0n) is 13.4. The maximum atomic E-state index is 13.4. The first-order valence-electron chi connectivity index (χ1n) is 7.85. The Morgan fingerprint density at radius 2 is 1.80 bits per heavy atom. The van der Waals surface area contributed by atoms with Crippen molar-refractivity contribution in [2.24, 2.45) is 0 Å². The van der Waals surface area contributed by atoms with Gasteiger partial charge in [0.1, 0.15) is 11.6 Å². The molecule has 1 atom stereocenters. The fourth-order valence-corrected chi connectivity index (χ4v) is 4.71. The second-order valence-electron chi connectivity index (χ2n) is 6.13. The molecular formula is C18H17F2NO3S. The van der Waals surface area contributed by atoms with Crippen LogP contribution in [0.2, 0.25) is 0 Å². The molecule has 132 valence electrons. The van der Waals surface area contributed by atoms with Crippen molar-refractivity contribution in [1.82, 2.24) is 4.90 Å². The Bertz CT molecular complexity index is 881. The van der Waals surface area contributed by atoms with Crippen LogP contribution in [0.1, 0.15) is 22.3 Å². The first kappa shape index (κ1) is 17.5. The molecule has 3 rings (SSSR count). The molecule has 2 aromatic carbocycles. The molecule has 7 heteroatoms. The average Bonchev–Trinajstić information content (AvgIpc) is 2.92. The number of rotatable bonds is 4. The van der Waals surface area contributed by atoms with Crippen LogP contribution in [0, 0.1) is 11.6 Å². The summed E-state index contributed by atoms with van der Waals surface area (Å²) in [6, 6.07) is 10.4. The Morgan fingerprint density at radius 3 is 2.40 bits per heavy atom. The van der Waals surface area contributed by atoms with E-state index in [-0.39, 0.29) is 23.6 Å². The van der Waals surface area contributed by atoms with Crippen LogP contribution in [-0.4, -0.2) is 36.8 Å². The van der Waals surface area contributed by atoms with E-state index in [1.807, 2.05) is 0 Å². The van der Waals surface area contributed by atoms with E-state index in [0.717, 1.165) is 0 Å². The van der Waals surface area contributed by atoms with Crippen LogP contribution in [0.4, 0.5) is 8.78 Å². The van der Waals surface area contributed by atoms with E-state index < -0.39 is 33.4 Å². The highest BCUT2D eigenvalue weighted by atomic mass is 32.2. The molecule has 0 bridgehead atoms. The van der Waals surface area contributed by atoms with Crippen LogP contribution < -0.4 is 0 Å². The van der Waals surface area contributed by atoms with Gasteiger partial charge in [0.2, 0.25) is 0 Å². The number of carbonyl (C=O) groups is 1. The van der Waals surface area contributed by atoms with Gasteiger partial charge in [0.15, 0.2) is 9.84 Å². The standard InChI is InChI=1S/C18H17F2NO3S/c19-15-6-4-14(5-7-15)18(22)21(17-8-9-25(23,24)12-17)11-13-2-1-3-16(20)10-13/h1-7,10,17H,8-9,11-12H2/t17-/m0/s1. The van der Waals surface area contributed by atoms with Gasteiger partial charge in [-0.1, -0.05) is 12.1 Å². The molecule has 1 saturated heterocycles. The molecule has 1 aliphatic heterocycles. The molecule has 1 amide bonds. The number of benzene rings is 2. The number of hydrogen-bond acceptors (Lipinski definition) is 3. The second-order valence-corrected chi connectivity index (χ2v) is 8.36. The highest BCUT2D eigenvalue weighted by Gasteiger charge is 2.35. The van der Waals surface area contributed by atoms with Crippen molar-refractivity contribution in [3.8, 4) is 0 Å². The minimum atomic E-state index is -3.19. The second kappa shape index (κ2) is 6.92. The van der Waals surface area contributed by atoms with Gasteiger partial charge in [-0.15, -0.1) is 0 Å². The Hall–Kier alpha value is -2.28. The average molecular weight is 365 g/mol. The third-order valence-corrected chi connectivity index (χ3v) is 5.99. The molecule has 0 unspecified atom stereocenters.